The van der Waals surface area contributed by atoms with Crippen molar-refractivity contribution in [1.29, 1.82) is 0 Å². The van der Waals surface area contributed by atoms with Crippen molar-refractivity contribution in [2.45, 2.75) is 26.8 Å². The van der Waals surface area contributed by atoms with Crippen LogP contribution in [0.1, 0.15) is 20.8 Å². The van der Waals surface area contributed by atoms with Crippen LogP contribution >= 0.6 is 0 Å². The number of rotatable bonds is 2. The van der Waals surface area contributed by atoms with E-state index in [0.29, 0.717) is 6.04 Å². The average molecular weight is 131 g/mol. The first-order valence-electron chi connectivity index (χ1n) is 3.74. The number of nitrogens with one attached hydrogen (secondary N) is 1. The van der Waals surface area contributed by atoms with Crippen LogP contribution in [0, 0.1) is 0 Å². The first kappa shape index (κ1) is 8.92. The average Bonchev–Trinajstić information content (AvgIpc) is 1.84. The molecule has 1 aliphatic heterocycles. The summed E-state index contributed by atoms with van der Waals surface area (Å²) < 4.78 is 4.92. The van der Waals surface area contributed by atoms with Crippen LogP contribution in [0.15, 0.2) is 0 Å². The molecule has 56 valence electrons. The molecule has 1 heterocycles. The summed E-state index contributed by atoms with van der Waals surface area (Å²) in [7, 11) is 0. The summed E-state index contributed by atoms with van der Waals surface area (Å²) in [5.74, 6) is 0. The maximum atomic E-state index is 4.92. The van der Waals surface area contributed by atoms with E-state index in [-0.39, 0.29) is 0 Å². The van der Waals surface area contributed by atoms with Gasteiger partial charge in [0.2, 0.25) is 0 Å². The van der Waals surface area contributed by atoms with Gasteiger partial charge < -0.3 is 10.1 Å². The van der Waals surface area contributed by atoms with E-state index in [1.807, 2.05) is 13.8 Å². The maximum Gasteiger partial charge on any atom is 0.0643 e. The Labute approximate surface area is 57.6 Å². The highest BCUT2D eigenvalue weighted by atomic mass is 16.5. The Kier molecular flexibility index (Phi) is 5.99. The fraction of sp³-hybridized carbons (Fsp3) is 1.00. The van der Waals surface area contributed by atoms with Gasteiger partial charge in [-0.05, 0) is 6.54 Å². The van der Waals surface area contributed by atoms with Gasteiger partial charge in [0.1, 0.15) is 0 Å². The minimum absolute atomic E-state index is 0.657. The highest BCUT2D eigenvalue weighted by molar-refractivity contribution is 4.70. The highest BCUT2D eigenvalue weighted by Gasteiger charge is 2.15. The molecule has 0 aromatic heterocycles. The van der Waals surface area contributed by atoms with Crippen molar-refractivity contribution < 1.29 is 4.74 Å². The molecule has 1 N–H and O–H groups in total. The van der Waals surface area contributed by atoms with Crippen LogP contribution in [-0.2, 0) is 4.74 Å². The molecule has 0 amide bonds. The molecule has 2 nitrogen and oxygen atoms in total. The molecule has 0 unspecified atom stereocenters. The fourth-order valence-corrected chi connectivity index (χ4v) is 0.642. The zero-order chi connectivity index (χ0) is 7.11. The lowest BCUT2D eigenvalue weighted by Crippen LogP contribution is -2.45. The molecular weight excluding hydrogens is 114 g/mol. The Morgan fingerprint density at radius 1 is 1.44 bits per heavy atom. The number of likely N-dealkylation sites (N-methyl/N-ethyl adjacent to an activating group) is 1. The van der Waals surface area contributed by atoms with E-state index < -0.39 is 0 Å². The monoisotopic (exact) mass is 131 g/mol. The smallest absolute Gasteiger partial charge is 0.0643 e. The normalized spacial score (nSPS) is 17.7. The van der Waals surface area contributed by atoms with Gasteiger partial charge in [0.25, 0.3) is 0 Å². The fourth-order valence-electron chi connectivity index (χ4n) is 0.642. The molecule has 0 radical (unpaired) electrons. The second-order valence-electron chi connectivity index (χ2n) is 1.79. The SMILES string of the molecule is CC.CCNC1COC1. The molecule has 1 saturated heterocycles. The quantitative estimate of drug-likeness (QED) is 0.604. The lowest BCUT2D eigenvalue weighted by Gasteiger charge is -2.26. The molecule has 1 rings (SSSR count). The summed E-state index contributed by atoms with van der Waals surface area (Å²) in [5, 5.41) is 3.26. The van der Waals surface area contributed by atoms with Crippen LogP contribution in [0.2, 0.25) is 0 Å². The standard InChI is InChI=1S/C5H11NO.C2H6/c1-2-6-5-3-7-4-5;1-2/h5-6H,2-4H2,1H3;1-2H3. The molecule has 0 spiro atoms. The first-order chi connectivity index (χ1) is 4.43. The predicted octanol–water partition coefficient (Wildman–Crippen LogP) is 1.02. The molecule has 0 aromatic rings. The Morgan fingerprint density at radius 3 is 2.11 bits per heavy atom. The molecule has 0 aliphatic carbocycles. The Bertz CT molecular complexity index is 52.9. The van der Waals surface area contributed by atoms with E-state index >= 15 is 0 Å². The van der Waals surface area contributed by atoms with Crippen molar-refractivity contribution in [1.82, 2.24) is 5.32 Å². The van der Waals surface area contributed by atoms with Crippen LogP contribution in [0.4, 0.5) is 0 Å². The van der Waals surface area contributed by atoms with Gasteiger partial charge in [-0.3, -0.25) is 0 Å². The van der Waals surface area contributed by atoms with E-state index in [1.165, 1.54) is 0 Å². The Balaban J connectivity index is 0.000000291. The first-order valence-corrected chi connectivity index (χ1v) is 3.74. The van der Waals surface area contributed by atoms with Crippen LogP contribution in [0.3, 0.4) is 0 Å². The van der Waals surface area contributed by atoms with E-state index in [0.717, 1.165) is 19.8 Å². The molecule has 0 atom stereocenters. The zero-order valence-electron chi connectivity index (χ0n) is 6.61. The van der Waals surface area contributed by atoms with Gasteiger partial charge in [0.15, 0.2) is 0 Å². The Morgan fingerprint density at radius 2 is 2.00 bits per heavy atom. The van der Waals surface area contributed by atoms with Crippen LogP contribution in [0.25, 0.3) is 0 Å². The second-order valence-corrected chi connectivity index (χ2v) is 1.79. The molecule has 1 aliphatic rings. The van der Waals surface area contributed by atoms with Gasteiger partial charge in [-0.2, -0.15) is 0 Å². The molecule has 0 saturated carbocycles. The van der Waals surface area contributed by atoms with Gasteiger partial charge in [-0.15, -0.1) is 0 Å². The van der Waals surface area contributed by atoms with E-state index in [4.69, 9.17) is 4.74 Å². The van der Waals surface area contributed by atoms with Gasteiger partial charge in [-0.25, -0.2) is 0 Å². The molecule has 2 heteroatoms. The van der Waals surface area contributed by atoms with Crippen molar-refractivity contribution in [2.24, 2.45) is 0 Å². The van der Waals surface area contributed by atoms with Gasteiger partial charge in [0, 0.05) is 0 Å². The minimum atomic E-state index is 0.657. The second kappa shape index (κ2) is 6.05. The van der Waals surface area contributed by atoms with Crippen LogP contribution < -0.4 is 5.32 Å². The van der Waals surface area contributed by atoms with Crippen molar-refractivity contribution in [3.05, 3.63) is 0 Å². The molecule has 0 bridgehead atoms. The van der Waals surface area contributed by atoms with Crippen LogP contribution in [-0.4, -0.2) is 25.8 Å². The van der Waals surface area contributed by atoms with E-state index in [1.54, 1.807) is 0 Å². The van der Waals surface area contributed by atoms with Gasteiger partial charge in [-0.1, -0.05) is 20.8 Å². The Hall–Kier alpha value is -0.0800. The lowest BCUT2D eigenvalue weighted by atomic mass is 10.3. The summed E-state index contributed by atoms with van der Waals surface area (Å²) in [6, 6.07) is 0.657. The zero-order valence-corrected chi connectivity index (χ0v) is 6.61. The number of ether oxygens (including phenoxy) is 1. The summed E-state index contributed by atoms with van der Waals surface area (Å²) in [6.45, 7) is 8.99. The summed E-state index contributed by atoms with van der Waals surface area (Å²) >= 11 is 0. The van der Waals surface area contributed by atoms with Crippen molar-refractivity contribution in [3.8, 4) is 0 Å². The van der Waals surface area contributed by atoms with Crippen molar-refractivity contribution in [2.75, 3.05) is 19.8 Å². The van der Waals surface area contributed by atoms with Crippen LogP contribution in [0.5, 0.6) is 0 Å². The largest absolute Gasteiger partial charge is 0.378 e. The summed E-state index contributed by atoms with van der Waals surface area (Å²) in [6.07, 6.45) is 0. The molecule has 1 fully saturated rings. The van der Waals surface area contributed by atoms with Crippen molar-refractivity contribution in [3.63, 3.8) is 0 Å². The van der Waals surface area contributed by atoms with Crippen molar-refractivity contribution >= 4 is 0 Å². The third-order valence-corrected chi connectivity index (χ3v) is 1.13. The lowest BCUT2D eigenvalue weighted by molar-refractivity contribution is -0.00418. The highest BCUT2D eigenvalue weighted by Crippen LogP contribution is 1.97. The third-order valence-electron chi connectivity index (χ3n) is 1.13. The number of hydrogen-bond donors (Lipinski definition) is 1. The predicted molar refractivity (Wildman–Crippen MR) is 39.6 cm³/mol. The summed E-state index contributed by atoms with van der Waals surface area (Å²) in [5.41, 5.74) is 0. The summed E-state index contributed by atoms with van der Waals surface area (Å²) in [4.78, 5) is 0. The molecule has 0 aromatic carbocycles. The molecular formula is C7H17NO. The van der Waals surface area contributed by atoms with E-state index in [9.17, 15) is 0 Å². The third kappa shape index (κ3) is 3.49. The minimum Gasteiger partial charge on any atom is -0.378 e. The van der Waals surface area contributed by atoms with Gasteiger partial charge in [0.05, 0.1) is 19.3 Å². The van der Waals surface area contributed by atoms with E-state index in [2.05, 4.69) is 12.2 Å². The number of hydrogen-bond acceptors (Lipinski definition) is 2. The molecule has 9 heavy (non-hydrogen) atoms. The topological polar surface area (TPSA) is 21.3 Å². The maximum absolute atomic E-state index is 4.92. The van der Waals surface area contributed by atoms with Gasteiger partial charge >= 0.3 is 0 Å².